The van der Waals surface area contributed by atoms with Gasteiger partial charge in [-0.15, -0.1) is 0 Å². The van der Waals surface area contributed by atoms with Gasteiger partial charge in [-0.2, -0.15) is 11.3 Å². The second-order valence-corrected chi connectivity index (χ2v) is 7.11. The first-order chi connectivity index (χ1) is 12.2. The number of hydrogen-bond donors (Lipinski definition) is 0. The molecule has 0 N–H and O–H groups in total. The third-order valence-corrected chi connectivity index (χ3v) is 5.03. The Balaban J connectivity index is 1.41. The minimum atomic E-state index is 0.0898. The summed E-state index contributed by atoms with van der Waals surface area (Å²) in [6, 6.07) is 5.75. The SMILES string of the molecule is CN(Cc1cn2c(n1)CN(C(=O)c1ccsc1)CC2)Cc1ccco1. The van der Waals surface area contributed by atoms with Crippen LogP contribution in [0.1, 0.15) is 27.6 Å². The first-order valence-electron chi connectivity index (χ1n) is 8.26. The Bertz CT molecular complexity index is 839. The monoisotopic (exact) mass is 356 g/mol. The molecule has 4 heterocycles. The average molecular weight is 356 g/mol. The van der Waals surface area contributed by atoms with Gasteiger partial charge < -0.3 is 13.9 Å². The Hall–Kier alpha value is -2.38. The standard InChI is InChI=1S/C18H20N4O2S/c1-20(11-16-3-2-7-24-16)9-15-10-21-5-6-22(12-17(21)19-15)18(23)14-4-8-25-13-14/h2-4,7-8,10,13H,5-6,9,11-12H2,1H3. The summed E-state index contributed by atoms with van der Waals surface area (Å²) in [5.74, 6) is 1.99. The van der Waals surface area contributed by atoms with Gasteiger partial charge in [-0.3, -0.25) is 9.69 Å². The van der Waals surface area contributed by atoms with E-state index in [-0.39, 0.29) is 5.91 Å². The van der Waals surface area contributed by atoms with Gasteiger partial charge in [0.05, 0.1) is 30.6 Å². The largest absolute Gasteiger partial charge is 0.468 e. The molecule has 0 unspecified atom stereocenters. The van der Waals surface area contributed by atoms with Crippen molar-refractivity contribution < 1.29 is 9.21 Å². The number of nitrogens with zero attached hydrogens (tertiary/aromatic N) is 4. The molecule has 3 aromatic rings. The highest BCUT2D eigenvalue weighted by Gasteiger charge is 2.23. The van der Waals surface area contributed by atoms with Crippen molar-refractivity contribution in [1.82, 2.24) is 19.4 Å². The number of amides is 1. The predicted molar refractivity (Wildman–Crippen MR) is 95.2 cm³/mol. The summed E-state index contributed by atoms with van der Waals surface area (Å²) in [6.07, 6.45) is 3.79. The van der Waals surface area contributed by atoms with Crippen LogP contribution in [-0.2, 0) is 26.2 Å². The topological polar surface area (TPSA) is 54.5 Å². The summed E-state index contributed by atoms with van der Waals surface area (Å²) < 4.78 is 7.55. The molecular formula is C18H20N4O2S. The van der Waals surface area contributed by atoms with Gasteiger partial charge in [0.1, 0.15) is 11.6 Å². The molecule has 1 amide bonds. The molecule has 0 bridgehead atoms. The number of carbonyl (C=O) groups is 1. The van der Waals surface area contributed by atoms with E-state index in [2.05, 4.69) is 15.7 Å². The third kappa shape index (κ3) is 3.52. The van der Waals surface area contributed by atoms with Crippen LogP contribution in [0.2, 0.25) is 0 Å². The second-order valence-electron chi connectivity index (χ2n) is 6.33. The maximum atomic E-state index is 12.5. The van der Waals surface area contributed by atoms with Crippen LogP contribution in [0.15, 0.2) is 45.8 Å². The molecule has 0 saturated heterocycles. The number of imidazole rings is 1. The number of rotatable bonds is 5. The highest BCUT2D eigenvalue weighted by atomic mass is 32.1. The summed E-state index contributed by atoms with van der Waals surface area (Å²) >= 11 is 1.55. The number of furan rings is 1. The van der Waals surface area contributed by atoms with Crippen molar-refractivity contribution in [3.05, 3.63) is 64.3 Å². The van der Waals surface area contributed by atoms with Crippen molar-refractivity contribution in [3.63, 3.8) is 0 Å². The van der Waals surface area contributed by atoms with Gasteiger partial charge in [-0.05, 0) is 30.6 Å². The molecule has 0 atom stereocenters. The maximum absolute atomic E-state index is 12.5. The molecule has 4 rings (SSSR count). The maximum Gasteiger partial charge on any atom is 0.255 e. The lowest BCUT2D eigenvalue weighted by atomic mass is 10.2. The number of aromatic nitrogens is 2. The molecule has 3 aromatic heterocycles. The van der Waals surface area contributed by atoms with E-state index < -0.39 is 0 Å². The van der Waals surface area contributed by atoms with Crippen molar-refractivity contribution in [2.24, 2.45) is 0 Å². The van der Waals surface area contributed by atoms with Crippen LogP contribution in [0, 0.1) is 0 Å². The van der Waals surface area contributed by atoms with E-state index >= 15 is 0 Å². The van der Waals surface area contributed by atoms with Gasteiger partial charge in [0.15, 0.2) is 0 Å². The molecular weight excluding hydrogens is 336 g/mol. The van der Waals surface area contributed by atoms with Crippen molar-refractivity contribution in [3.8, 4) is 0 Å². The smallest absolute Gasteiger partial charge is 0.255 e. The first kappa shape index (κ1) is 16.1. The molecule has 1 aliphatic rings. The van der Waals surface area contributed by atoms with Crippen LogP contribution in [0.4, 0.5) is 0 Å². The lowest BCUT2D eigenvalue weighted by Crippen LogP contribution is -2.38. The summed E-state index contributed by atoms with van der Waals surface area (Å²) in [5.41, 5.74) is 1.79. The van der Waals surface area contributed by atoms with Crippen LogP contribution in [0.25, 0.3) is 0 Å². The van der Waals surface area contributed by atoms with Gasteiger partial charge >= 0.3 is 0 Å². The Morgan fingerprint density at radius 1 is 1.36 bits per heavy atom. The van der Waals surface area contributed by atoms with Crippen LogP contribution >= 0.6 is 11.3 Å². The molecule has 0 fully saturated rings. The van der Waals surface area contributed by atoms with Crippen LogP contribution < -0.4 is 0 Å². The highest BCUT2D eigenvalue weighted by molar-refractivity contribution is 7.08. The van der Waals surface area contributed by atoms with Crippen molar-refractivity contribution in [2.75, 3.05) is 13.6 Å². The van der Waals surface area contributed by atoms with Gasteiger partial charge in [0.25, 0.3) is 5.91 Å². The summed E-state index contributed by atoms with van der Waals surface area (Å²) in [4.78, 5) is 21.3. The Labute approximate surface area is 150 Å². The Morgan fingerprint density at radius 2 is 2.28 bits per heavy atom. The van der Waals surface area contributed by atoms with E-state index in [1.54, 1.807) is 17.6 Å². The zero-order chi connectivity index (χ0) is 17.2. The molecule has 0 saturated carbocycles. The number of hydrogen-bond acceptors (Lipinski definition) is 5. The highest BCUT2D eigenvalue weighted by Crippen LogP contribution is 2.18. The number of carbonyl (C=O) groups excluding carboxylic acids is 1. The predicted octanol–water partition coefficient (Wildman–Crippen LogP) is 2.83. The Morgan fingerprint density at radius 3 is 3.04 bits per heavy atom. The molecule has 130 valence electrons. The van der Waals surface area contributed by atoms with E-state index in [0.717, 1.165) is 49.0 Å². The molecule has 7 heteroatoms. The van der Waals surface area contributed by atoms with Gasteiger partial charge in [-0.1, -0.05) is 0 Å². The van der Waals surface area contributed by atoms with E-state index in [1.165, 1.54) is 0 Å². The van der Waals surface area contributed by atoms with Crippen LogP contribution in [-0.4, -0.2) is 38.9 Å². The summed E-state index contributed by atoms with van der Waals surface area (Å²) in [6.45, 7) is 3.58. The van der Waals surface area contributed by atoms with Gasteiger partial charge in [0, 0.05) is 31.2 Å². The number of fused-ring (bicyclic) bond motifs is 1. The molecule has 25 heavy (non-hydrogen) atoms. The van der Waals surface area contributed by atoms with E-state index in [9.17, 15) is 4.79 Å². The van der Waals surface area contributed by atoms with Crippen molar-refractivity contribution >= 4 is 17.2 Å². The average Bonchev–Trinajstić information content (AvgIpc) is 3.34. The van der Waals surface area contributed by atoms with Crippen molar-refractivity contribution in [2.45, 2.75) is 26.2 Å². The van der Waals surface area contributed by atoms with E-state index in [1.807, 2.05) is 40.9 Å². The van der Waals surface area contributed by atoms with E-state index in [4.69, 9.17) is 9.40 Å². The van der Waals surface area contributed by atoms with Gasteiger partial charge in [-0.25, -0.2) is 4.98 Å². The molecule has 6 nitrogen and oxygen atoms in total. The molecule has 0 aromatic carbocycles. The summed E-state index contributed by atoms with van der Waals surface area (Å²) in [7, 11) is 2.05. The van der Waals surface area contributed by atoms with E-state index in [0.29, 0.717) is 6.54 Å². The molecule has 1 aliphatic heterocycles. The zero-order valence-electron chi connectivity index (χ0n) is 14.1. The second kappa shape index (κ2) is 6.85. The lowest BCUT2D eigenvalue weighted by Gasteiger charge is -2.27. The molecule has 0 radical (unpaired) electrons. The van der Waals surface area contributed by atoms with Crippen molar-refractivity contribution in [1.29, 1.82) is 0 Å². The first-order valence-corrected chi connectivity index (χ1v) is 9.20. The minimum absolute atomic E-state index is 0.0898. The molecule has 0 spiro atoms. The fourth-order valence-electron chi connectivity index (χ4n) is 3.13. The van der Waals surface area contributed by atoms with Crippen LogP contribution in [0.5, 0.6) is 0 Å². The summed E-state index contributed by atoms with van der Waals surface area (Å²) in [5, 5.41) is 3.84. The van der Waals surface area contributed by atoms with Crippen LogP contribution in [0.3, 0.4) is 0 Å². The fraction of sp³-hybridized carbons (Fsp3) is 0.333. The minimum Gasteiger partial charge on any atom is -0.468 e. The lowest BCUT2D eigenvalue weighted by molar-refractivity contribution is 0.0708. The Kier molecular flexibility index (Phi) is 4.42. The zero-order valence-corrected chi connectivity index (χ0v) is 14.9. The number of thiophene rings is 1. The van der Waals surface area contributed by atoms with Gasteiger partial charge in [0.2, 0.25) is 0 Å². The quantitative estimate of drug-likeness (QED) is 0.705. The molecule has 0 aliphatic carbocycles. The fourth-order valence-corrected chi connectivity index (χ4v) is 3.76. The third-order valence-electron chi connectivity index (χ3n) is 4.35. The normalized spacial score (nSPS) is 14.1.